The minimum atomic E-state index is -0.859. The second-order valence-corrected chi connectivity index (χ2v) is 7.14. The number of nitrogens with one attached hydrogen (secondary N) is 1. The number of aliphatic carboxylic acids is 1. The summed E-state index contributed by atoms with van der Waals surface area (Å²) >= 11 is 0. The Balaban J connectivity index is 1.51. The van der Waals surface area contributed by atoms with Crippen molar-refractivity contribution in [2.75, 3.05) is 24.5 Å². The molecule has 1 heterocycles. The molecule has 1 saturated carbocycles. The maximum atomic E-state index is 13.9. The van der Waals surface area contributed by atoms with Crippen molar-refractivity contribution >= 4 is 23.5 Å². The molecular formula is C19H24FN3O4. The molecule has 3 rings (SSSR count). The molecule has 1 saturated heterocycles. The van der Waals surface area contributed by atoms with Crippen molar-refractivity contribution in [1.82, 2.24) is 10.2 Å². The van der Waals surface area contributed by atoms with E-state index in [-0.39, 0.29) is 49.1 Å². The molecule has 2 N–H and O–H groups in total. The molecule has 1 aromatic carbocycles. The van der Waals surface area contributed by atoms with E-state index in [1.165, 1.54) is 17.0 Å². The number of amides is 2. The van der Waals surface area contributed by atoms with Gasteiger partial charge in [0.25, 0.3) is 0 Å². The molecular weight excluding hydrogens is 353 g/mol. The Hall–Kier alpha value is -2.48. The zero-order chi connectivity index (χ0) is 19.6. The lowest BCUT2D eigenvalue weighted by molar-refractivity contribution is -0.140. The van der Waals surface area contributed by atoms with Gasteiger partial charge in [-0.25, -0.2) is 4.39 Å². The molecule has 8 heteroatoms. The van der Waals surface area contributed by atoms with E-state index >= 15 is 0 Å². The highest BCUT2D eigenvalue weighted by atomic mass is 19.1. The predicted molar refractivity (Wildman–Crippen MR) is 96.7 cm³/mol. The van der Waals surface area contributed by atoms with Crippen molar-refractivity contribution in [1.29, 1.82) is 0 Å². The lowest BCUT2D eigenvalue weighted by atomic mass is 9.85. The molecule has 2 fully saturated rings. The highest BCUT2D eigenvalue weighted by Gasteiger charge is 2.39. The summed E-state index contributed by atoms with van der Waals surface area (Å²) < 4.78 is 13.9. The zero-order valence-electron chi connectivity index (χ0n) is 15.2. The molecule has 1 aromatic rings. The molecule has 1 aliphatic carbocycles. The molecule has 7 nitrogen and oxygen atoms in total. The van der Waals surface area contributed by atoms with E-state index < -0.39 is 17.7 Å². The van der Waals surface area contributed by atoms with Gasteiger partial charge in [-0.2, -0.15) is 0 Å². The van der Waals surface area contributed by atoms with Crippen LogP contribution in [-0.4, -0.2) is 59.5 Å². The third kappa shape index (κ3) is 4.27. The predicted octanol–water partition coefficient (Wildman–Crippen LogP) is 1.23. The van der Waals surface area contributed by atoms with E-state index in [1.54, 1.807) is 12.1 Å². The molecule has 1 atom stereocenters. The van der Waals surface area contributed by atoms with E-state index in [0.717, 1.165) is 0 Å². The lowest BCUT2D eigenvalue weighted by Crippen LogP contribution is -2.55. The quantitative estimate of drug-likeness (QED) is 0.746. The van der Waals surface area contributed by atoms with Crippen LogP contribution in [-0.2, 0) is 14.4 Å². The topological polar surface area (TPSA) is 90.0 Å². The lowest BCUT2D eigenvalue weighted by Gasteiger charge is -2.42. The van der Waals surface area contributed by atoms with Gasteiger partial charge < -0.3 is 15.3 Å². The fourth-order valence-corrected chi connectivity index (χ4v) is 3.78. The van der Waals surface area contributed by atoms with E-state index in [1.807, 2.05) is 11.8 Å². The van der Waals surface area contributed by atoms with Crippen LogP contribution >= 0.6 is 0 Å². The largest absolute Gasteiger partial charge is 0.480 e. The van der Waals surface area contributed by atoms with Crippen LogP contribution in [0.5, 0.6) is 0 Å². The molecule has 146 valence electrons. The van der Waals surface area contributed by atoms with Gasteiger partial charge in [-0.1, -0.05) is 19.1 Å². The smallest absolute Gasteiger partial charge is 0.317 e. The number of likely N-dealkylation sites (N-methyl/N-ethyl adjacent to an activating group) is 1. The van der Waals surface area contributed by atoms with Gasteiger partial charge in [-0.05, 0) is 31.5 Å². The summed E-state index contributed by atoms with van der Waals surface area (Å²) in [6.07, 6.45) is 1.46. The molecule has 1 unspecified atom stereocenters. The first-order valence-corrected chi connectivity index (χ1v) is 9.20. The van der Waals surface area contributed by atoms with E-state index in [0.29, 0.717) is 19.4 Å². The number of anilines is 1. The number of carbonyl (C=O) groups is 3. The molecule has 2 aliphatic rings. The third-order valence-corrected chi connectivity index (χ3v) is 5.36. The highest BCUT2D eigenvalue weighted by Crippen LogP contribution is 2.29. The summed E-state index contributed by atoms with van der Waals surface area (Å²) in [6.45, 7) is 2.72. The van der Waals surface area contributed by atoms with Crippen molar-refractivity contribution in [3.05, 3.63) is 30.1 Å². The first-order valence-electron chi connectivity index (χ1n) is 9.20. The minimum absolute atomic E-state index is 0.00341. The Morgan fingerprint density at radius 2 is 2.04 bits per heavy atom. The summed E-state index contributed by atoms with van der Waals surface area (Å²) in [5.74, 6) is -2.30. The van der Waals surface area contributed by atoms with Crippen LogP contribution in [0.2, 0.25) is 0 Å². The van der Waals surface area contributed by atoms with Crippen LogP contribution in [0.1, 0.15) is 26.2 Å². The average molecular weight is 377 g/mol. The van der Waals surface area contributed by atoms with Crippen molar-refractivity contribution in [2.45, 2.75) is 38.3 Å². The number of hydrogen-bond donors (Lipinski definition) is 2. The maximum absolute atomic E-state index is 13.9. The molecule has 0 bridgehead atoms. The first-order chi connectivity index (χ1) is 12.9. The number of carboxylic acid groups (broad SMARTS) is 1. The van der Waals surface area contributed by atoms with Gasteiger partial charge in [-0.3, -0.25) is 19.3 Å². The maximum Gasteiger partial charge on any atom is 0.317 e. The Kier molecular flexibility index (Phi) is 5.74. The summed E-state index contributed by atoms with van der Waals surface area (Å²) in [5.41, 5.74) is 0.203. The SMILES string of the molecule is CCN(CC(=O)O)C1CC(NC(=O)C2CC(=O)N(c3ccccc3F)C2)C1. The van der Waals surface area contributed by atoms with Gasteiger partial charge in [0.15, 0.2) is 0 Å². The van der Waals surface area contributed by atoms with Crippen molar-refractivity contribution in [3.63, 3.8) is 0 Å². The minimum Gasteiger partial charge on any atom is -0.480 e. The Morgan fingerprint density at radius 3 is 2.67 bits per heavy atom. The fourth-order valence-electron chi connectivity index (χ4n) is 3.78. The molecule has 2 amide bonds. The molecule has 0 spiro atoms. The normalized spacial score (nSPS) is 24.8. The number of para-hydroxylation sites is 1. The van der Waals surface area contributed by atoms with Crippen molar-refractivity contribution in [2.24, 2.45) is 5.92 Å². The van der Waals surface area contributed by atoms with Crippen LogP contribution in [0.3, 0.4) is 0 Å². The van der Waals surface area contributed by atoms with Crippen LogP contribution in [0.4, 0.5) is 10.1 Å². The molecule has 27 heavy (non-hydrogen) atoms. The molecule has 1 aliphatic heterocycles. The number of rotatable bonds is 7. The Morgan fingerprint density at radius 1 is 1.33 bits per heavy atom. The second-order valence-electron chi connectivity index (χ2n) is 7.14. The highest BCUT2D eigenvalue weighted by molar-refractivity contribution is 6.00. The Bertz CT molecular complexity index is 735. The van der Waals surface area contributed by atoms with E-state index in [9.17, 15) is 18.8 Å². The third-order valence-electron chi connectivity index (χ3n) is 5.36. The zero-order valence-corrected chi connectivity index (χ0v) is 15.2. The summed E-state index contributed by atoms with van der Waals surface area (Å²) in [4.78, 5) is 38.8. The monoisotopic (exact) mass is 377 g/mol. The average Bonchev–Trinajstić information content (AvgIpc) is 2.98. The van der Waals surface area contributed by atoms with Crippen LogP contribution < -0.4 is 10.2 Å². The van der Waals surface area contributed by atoms with Gasteiger partial charge in [0.05, 0.1) is 18.2 Å². The number of carbonyl (C=O) groups excluding carboxylic acids is 2. The summed E-state index contributed by atoms with van der Waals surface area (Å²) in [5, 5.41) is 11.9. The molecule has 0 radical (unpaired) electrons. The summed E-state index contributed by atoms with van der Waals surface area (Å²) in [7, 11) is 0. The van der Waals surface area contributed by atoms with Crippen molar-refractivity contribution < 1.29 is 23.9 Å². The number of carboxylic acids is 1. The van der Waals surface area contributed by atoms with Gasteiger partial charge in [0, 0.05) is 25.0 Å². The molecule has 0 aromatic heterocycles. The number of hydrogen-bond acceptors (Lipinski definition) is 4. The Labute approximate surface area is 157 Å². The van der Waals surface area contributed by atoms with Crippen molar-refractivity contribution in [3.8, 4) is 0 Å². The second kappa shape index (κ2) is 8.04. The van der Waals surface area contributed by atoms with E-state index in [4.69, 9.17) is 5.11 Å². The number of nitrogens with zero attached hydrogens (tertiary/aromatic N) is 2. The first kappa shape index (κ1) is 19.3. The van der Waals surface area contributed by atoms with Crippen LogP contribution in [0.25, 0.3) is 0 Å². The van der Waals surface area contributed by atoms with Gasteiger partial charge in [-0.15, -0.1) is 0 Å². The standard InChI is InChI=1S/C19H24FN3O4/c1-2-22(11-18(25)26)14-8-13(9-14)21-19(27)12-7-17(24)23(10-12)16-6-4-3-5-15(16)20/h3-6,12-14H,2,7-11H2,1H3,(H,21,27)(H,25,26). The van der Waals surface area contributed by atoms with Gasteiger partial charge >= 0.3 is 5.97 Å². The van der Waals surface area contributed by atoms with Gasteiger partial charge in [0.1, 0.15) is 5.82 Å². The van der Waals surface area contributed by atoms with Crippen LogP contribution in [0.15, 0.2) is 24.3 Å². The number of benzene rings is 1. The van der Waals surface area contributed by atoms with Crippen LogP contribution in [0, 0.1) is 11.7 Å². The fraction of sp³-hybridized carbons (Fsp3) is 0.526. The summed E-state index contributed by atoms with van der Waals surface area (Å²) in [6, 6.07) is 6.18. The number of halogens is 1. The van der Waals surface area contributed by atoms with E-state index in [2.05, 4.69) is 5.32 Å². The van der Waals surface area contributed by atoms with Gasteiger partial charge in [0.2, 0.25) is 11.8 Å².